The minimum atomic E-state index is -0.884. The Morgan fingerprint density at radius 2 is 1.81 bits per heavy atom. The molecule has 0 bridgehead atoms. The first-order valence-electron chi connectivity index (χ1n) is 12.4. The van der Waals surface area contributed by atoms with Gasteiger partial charge in [-0.15, -0.1) is 0 Å². The second kappa shape index (κ2) is 11.4. The van der Waals surface area contributed by atoms with Gasteiger partial charge in [-0.3, -0.25) is 9.59 Å². The highest BCUT2D eigenvalue weighted by molar-refractivity contribution is 5.99. The quantitative estimate of drug-likeness (QED) is 0.502. The number of hydrogen-bond donors (Lipinski definition) is 2. The van der Waals surface area contributed by atoms with Gasteiger partial charge in [0.15, 0.2) is 0 Å². The summed E-state index contributed by atoms with van der Waals surface area (Å²) in [6.07, 6.45) is 3.59. The van der Waals surface area contributed by atoms with Crippen molar-refractivity contribution >= 4 is 29.7 Å². The van der Waals surface area contributed by atoms with Crippen LogP contribution in [0.1, 0.15) is 69.7 Å². The van der Waals surface area contributed by atoms with E-state index < -0.39 is 23.8 Å². The number of nitrogens with one attached hydrogen (secondary N) is 2. The molecule has 192 valence electrons. The molecule has 0 aliphatic heterocycles. The van der Waals surface area contributed by atoms with E-state index in [0.29, 0.717) is 11.3 Å². The Kier molecular flexibility index (Phi) is 8.56. The number of para-hydroxylation sites is 1. The molecule has 2 aromatic rings. The lowest BCUT2D eigenvalue weighted by atomic mass is 9.88. The third kappa shape index (κ3) is 6.74. The smallest absolute Gasteiger partial charge is 0.408 e. The van der Waals surface area contributed by atoms with Crippen molar-refractivity contribution in [2.75, 3.05) is 5.32 Å². The van der Waals surface area contributed by atoms with E-state index >= 15 is 0 Å². The predicted octanol–water partition coefficient (Wildman–Crippen LogP) is 5.61. The van der Waals surface area contributed by atoms with E-state index in [4.69, 9.17) is 4.74 Å². The predicted molar refractivity (Wildman–Crippen MR) is 142 cm³/mol. The summed E-state index contributed by atoms with van der Waals surface area (Å²) in [5, 5.41) is 5.67. The molecular formula is C29H37N3O4. The highest BCUT2D eigenvalue weighted by atomic mass is 16.6. The van der Waals surface area contributed by atoms with Crippen LogP contribution < -0.4 is 10.6 Å². The molecule has 0 heterocycles. The van der Waals surface area contributed by atoms with E-state index in [-0.39, 0.29) is 17.9 Å². The minimum Gasteiger partial charge on any atom is -0.444 e. The van der Waals surface area contributed by atoms with Gasteiger partial charge in [0.1, 0.15) is 17.7 Å². The Balaban J connectivity index is 1.98. The van der Waals surface area contributed by atoms with Crippen molar-refractivity contribution in [3.05, 3.63) is 71.8 Å². The van der Waals surface area contributed by atoms with Gasteiger partial charge in [-0.1, -0.05) is 49.1 Å². The van der Waals surface area contributed by atoms with Gasteiger partial charge < -0.3 is 20.3 Å². The Hall–Kier alpha value is -3.61. The van der Waals surface area contributed by atoms with Gasteiger partial charge in [0.05, 0.1) is 0 Å². The molecule has 1 saturated carbocycles. The molecule has 2 N–H and O–H groups in total. The molecule has 0 saturated heterocycles. The number of rotatable bonds is 8. The molecule has 0 radical (unpaired) electrons. The molecule has 36 heavy (non-hydrogen) atoms. The maximum atomic E-state index is 13.8. The standard InChI is InChI=1S/C29H37N3O4/c1-7-21-13-10-14-22(18-21)25(26(33)31-24-17-9-8-12-19(24)2)32(23-15-11-16-23)27(34)20(3)30-28(35)36-29(4,5)6/h7-10,12-14,17-18,20,23,25H,1,11,15-16H2,2-6H3,(H,30,35)(H,31,33). The Morgan fingerprint density at radius 3 is 2.39 bits per heavy atom. The van der Waals surface area contributed by atoms with E-state index in [0.717, 1.165) is 30.4 Å². The van der Waals surface area contributed by atoms with Crippen molar-refractivity contribution in [3.8, 4) is 0 Å². The van der Waals surface area contributed by atoms with Crippen molar-refractivity contribution < 1.29 is 19.1 Å². The molecular weight excluding hydrogens is 454 g/mol. The van der Waals surface area contributed by atoms with Gasteiger partial charge in [0.2, 0.25) is 5.91 Å². The number of amides is 3. The Morgan fingerprint density at radius 1 is 1.11 bits per heavy atom. The summed E-state index contributed by atoms with van der Waals surface area (Å²) in [6, 6.07) is 13.1. The Bertz CT molecular complexity index is 1120. The number of nitrogens with zero attached hydrogens (tertiary/aromatic N) is 1. The average Bonchev–Trinajstić information content (AvgIpc) is 2.77. The maximum Gasteiger partial charge on any atom is 0.408 e. The minimum absolute atomic E-state index is 0.111. The first-order valence-corrected chi connectivity index (χ1v) is 12.4. The summed E-state index contributed by atoms with van der Waals surface area (Å²) < 4.78 is 5.34. The van der Waals surface area contributed by atoms with Crippen LogP contribution in [0.5, 0.6) is 0 Å². The lowest BCUT2D eigenvalue weighted by molar-refractivity contribution is -0.145. The van der Waals surface area contributed by atoms with Gasteiger partial charge in [0.25, 0.3) is 5.91 Å². The van der Waals surface area contributed by atoms with Crippen LogP contribution in [-0.2, 0) is 14.3 Å². The summed E-state index contributed by atoms with van der Waals surface area (Å²) >= 11 is 0. The number of anilines is 1. The van der Waals surface area contributed by atoms with Gasteiger partial charge in [0, 0.05) is 11.7 Å². The molecule has 0 aromatic heterocycles. The molecule has 1 aliphatic rings. The number of benzene rings is 2. The number of aryl methyl sites for hydroxylation is 1. The summed E-state index contributed by atoms with van der Waals surface area (Å²) in [7, 11) is 0. The number of ether oxygens (including phenoxy) is 1. The zero-order valence-corrected chi connectivity index (χ0v) is 21.8. The molecule has 2 unspecified atom stereocenters. The van der Waals surface area contributed by atoms with Crippen LogP contribution in [0.2, 0.25) is 0 Å². The van der Waals surface area contributed by atoms with Crippen LogP contribution >= 0.6 is 0 Å². The fourth-order valence-electron chi connectivity index (χ4n) is 4.16. The lowest BCUT2D eigenvalue weighted by Gasteiger charge is -2.43. The average molecular weight is 492 g/mol. The second-order valence-corrected chi connectivity index (χ2v) is 10.3. The first-order chi connectivity index (χ1) is 17.0. The SMILES string of the molecule is C=Cc1cccc(C(C(=O)Nc2ccccc2C)N(C(=O)C(C)NC(=O)OC(C)(C)C)C2CCC2)c1. The number of hydrogen-bond acceptors (Lipinski definition) is 4. The summed E-state index contributed by atoms with van der Waals surface area (Å²) in [5.74, 6) is -0.644. The third-order valence-electron chi connectivity index (χ3n) is 6.22. The first kappa shape index (κ1) is 27.0. The fourth-order valence-corrected chi connectivity index (χ4v) is 4.16. The van der Waals surface area contributed by atoms with Gasteiger partial charge in [-0.25, -0.2) is 4.79 Å². The summed E-state index contributed by atoms with van der Waals surface area (Å²) in [6.45, 7) is 12.7. The number of carbonyl (C=O) groups excluding carboxylic acids is 3. The van der Waals surface area contributed by atoms with Gasteiger partial charge in [-0.05, 0) is 82.7 Å². The van der Waals surface area contributed by atoms with Crippen LogP contribution in [0, 0.1) is 6.92 Å². The molecule has 3 amide bonds. The molecule has 0 spiro atoms. The molecule has 7 nitrogen and oxygen atoms in total. The van der Waals surface area contributed by atoms with Crippen molar-refractivity contribution in [1.82, 2.24) is 10.2 Å². The lowest BCUT2D eigenvalue weighted by Crippen LogP contribution is -2.56. The van der Waals surface area contributed by atoms with E-state index in [9.17, 15) is 14.4 Å². The fraction of sp³-hybridized carbons (Fsp3) is 0.414. The van der Waals surface area contributed by atoms with Crippen LogP contribution in [0.15, 0.2) is 55.1 Å². The summed E-state index contributed by atoms with van der Waals surface area (Å²) in [5.41, 5.74) is 2.45. The highest BCUT2D eigenvalue weighted by Crippen LogP contribution is 2.35. The van der Waals surface area contributed by atoms with Crippen LogP contribution in [0.25, 0.3) is 6.08 Å². The zero-order chi connectivity index (χ0) is 26.5. The van der Waals surface area contributed by atoms with Crippen molar-refractivity contribution in [2.24, 2.45) is 0 Å². The molecule has 1 fully saturated rings. The molecule has 7 heteroatoms. The molecule has 2 atom stereocenters. The summed E-state index contributed by atoms with van der Waals surface area (Å²) in [4.78, 5) is 41.7. The van der Waals surface area contributed by atoms with E-state index in [1.54, 1.807) is 38.7 Å². The van der Waals surface area contributed by atoms with E-state index in [1.807, 2.05) is 55.5 Å². The largest absolute Gasteiger partial charge is 0.444 e. The monoisotopic (exact) mass is 491 g/mol. The van der Waals surface area contributed by atoms with Gasteiger partial charge in [-0.2, -0.15) is 0 Å². The van der Waals surface area contributed by atoms with Crippen molar-refractivity contribution in [2.45, 2.75) is 77.6 Å². The van der Waals surface area contributed by atoms with Crippen molar-refractivity contribution in [3.63, 3.8) is 0 Å². The maximum absolute atomic E-state index is 13.8. The number of alkyl carbamates (subject to hydrolysis) is 1. The Labute approximate surface area is 213 Å². The highest BCUT2D eigenvalue weighted by Gasteiger charge is 2.41. The van der Waals surface area contributed by atoms with E-state index in [1.165, 1.54) is 0 Å². The number of carbonyl (C=O) groups is 3. The second-order valence-electron chi connectivity index (χ2n) is 10.3. The van der Waals surface area contributed by atoms with E-state index in [2.05, 4.69) is 17.2 Å². The van der Waals surface area contributed by atoms with Crippen LogP contribution in [-0.4, -0.2) is 40.5 Å². The topological polar surface area (TPSA) is 87.7 Å². The van der Waals surface area contributed by atoms with Gasteiger partial charge >= 0.3 is 6.09 Å². The van der Waals surface area contributed by atoms with Crippen LogP contribution in [0.4, 0.5) is 10.5 Å². The van der Waals surface area contributed by atoms with Crippen molar-refractivity contribution in [1.29, 1.82) is 0 Å². The normalized spacial score (nSPS) is 15.1. The molecule has 2 aromatic carbocycles. The molecule has 1 aliphatic carbocycles. The zero-order valence-electron chi connectivity index (χ0n) is 21.8. The van der Waals surface area contributed by atoms with Crippen LogP contribution in [0.3, 0.4) is 0 Å². The molecule has 3 rings (SSSR count). The third-order valence-corrected chi connectivity index (χ3v) is 6.22.